The van der Waals surface area contributed by atoms with Crippen LogP contribution < -0.4 is 0 Å². The number of hydrogen-bond donors (Lipinski definition) is 0. The molecule has 1 heterocycles. The Morgan fingerprint density at radius 3 is 2.76 bits per heavy atom. The lowest BCUT2D eigenvalue weighted by molar-refractivity contribution is -0.117. The van der Waals surface area contributed by atoms with E-state index >= 15 is 0 Å². The molecule has 2 nitrogen and oxygen atoms in total. The van der Waals surface area contributed by atoms with E-state index in [1.807, 2.05) is 36.6 Å². The van der Waals surface area contributed by atoms with E-state index in [4.69, 9.17) is 0 Å². The van der Waals surface area contributed by atoms with E-state index in [2.05, 4.69) is 20.9 Å². The van der Waals surface area contributed by atoms with Crippen LogP contribution in [0.15, 0.2) is 34.1 Å². The van der Waals surface area contributed by atoms with Gasteiger partial charge in [0, 0.05) is 22.7 Å². The highest BCUT2D eigenvalue weighted by atomic mass is 79.9. The predicted octanol–water partition coefficient (Wildman–Crippen LogP) is 3.57. The zero-order valence-electron chi connectivity index (χ0n) is 9.44. The van der Waals surface area contributed by atoms with Crippen molar-refractivity contribution in [1.82, 2.24) is 4.98 Å². The van der Waals surface area contributed by atoms with Gasteiger partial charge >= 0.3 is 0 Å². The molecule has 0 atom stereocenters. The van der Waals surface area contributed by atoms with Crippen LogP contribution in [0.4, 0.5) is 0 Å². The number of benzene rings is 1. The second-order valence-electron chi connectivity index (χ2n) is 3.84. The average Bonchev–Trinajstić information content (AvgIpc) is 2.67. The van der Waals surface area contributed by atoms with Crippen LogP contribution >= 0.6 is 27.3 Å². The van der Waals surface area contributed by atoms with Crippen LogP contribution in [0.25, 0.3) is 0 Å². The first-order valence-corrected chi connectivity index (χ1v) is 6.98. The Morgan fingerprint density at radius 2 is 2.12 bits per heavy atom. The third-order valence-corrected chi connectivity index (χ3v) is 3.99. The number of carbonyl (C=O) groups is 1. The number of Topliss-reactive ketones (excluding diaryl/α,β-unsaturated/α-hetero) is 1. The quantitative estimate of drug-likeness (QED) is 0.864. The molecule has 2 aromatic rings. The summed E-state index contributed by atoms with van der Waals surface area (Å²) < 4.78 is 0.989. The number of halogens is 1. The van der Waals surface area contributed by atoms with Crippen molar-refractivity contribution in [2.45, 2.75) is 19.8 Å². The number of aromatic nitrogens is 1. The van der Waals surface area contributed by atoms with Gasteiger partial charge in [-0.3, -0.25) is 4.79 Å². The topological polar surface area (TPSA) is 30.0 Å². The number of ketones is 1. The summed E-state index contributed by atoms with van der Waals surface area (Å²) in [4.78, 5) is 16.2. The van der Waals surface area contributed by atoms with Crippen molar-refractivity contribution in [3.8, 4) is 0 Å². The number of rotatable bonds is 4. The smallest absolute Gasteiger partial charge is 0.143 e. The molecule has 0 saturated heterocycles. The summed E-state index contributed by atoms with van der Waals surface area (Å²) in [7, 11) is 0. The normalized spacial score (nSPS) is 10.5. The van der Waals surface area contributed by atoms with Crippen molar-refractivity contribution in [3.05, 3.63) is 50.4 Å². The lowest BCUT2D eigenvalue weighted by atomic mass is 10.1. The number of thiazole rings is 1. The maximum atomic E-state index is 11.9. The summed E-state index contributed by atoms with van der Waals surface area (Å²) in [6.07, 6.45) is 0.879. The summed E-state index contributed by atoms with van der Waals surface area (Å²) in [6.45, 7) is 1.95. The maximum absolute atomic E-state index is 11.9. The average molecular weight is 310 g/mol. The molecule has 0 bridgehead atoms. The number of carbonyl (C=O) groups excluding carboxylic acids is 1. The number of nitrogens with zero attached hydrogens (tertiary/aromatic N) is 1. The molecule has 0 N–H and O–H groups in total. The Balaban J connectivity index is 2.01. The molecule has 0 amide bonds. The minimum atomic E-state index is 0.196. The van der Waals surface area contributed by atoms with Gasteiger partial charge in [-0.05, 0) is 18.6 Å². The highest BCUT2D eigenvalue weighted by molar-refractivity contribution is 9.10. The van der Waals surface area contributed by atoms with E-state index in [0.29, 0.717) is 12.8 Å². The molecule has 1 aromatic carbocycles. The van der Waals surface area contributed by atoms with Crippen molar-refractivity contribution in [1.29, 1.82) is 0 Å². The van der Waals surface area contributed by atoms with Gasteiger partial charge in [-0.1, -0.05) is 34.1 Å². The van der Waals surface area contributed by atoms with Crippen LogP contribution in [0, 0.1) is 6.92 Å². The molecular formula is C13H12BrNOS. The molecule has 2 rings (SSSR count). The van der Waals surface area contributed by atoms with Crippen LogP contribution in [-0.2, 0) is 17.6 Å². The molecule has 0 radical (unpaired) electrons. The predicted molar refractivity (Wildman–Crippen MR) is 73.4 cm³/mol. The van der Waals surface area contributed by atoms with Gasteiger partial charge in [-0.2, -0.15) is 0 Å². The van der Waals surface area contributed by atoms with Crippen molar-refractivity contribution in [3.63, 3.8) is 0 Å². The minimum Gasteiger partial charge on any atom is -0.299 e. The minimum absolute atomic E-state index is 0.196. The highest BCUT2D eigenvalue weighted by Gasteiger charge is 2.09. The fraction of sp³-hybridized carbons (Fsp3) is 0.231. The monoisotopic (exact) mass is 309 g/mol. The van der Waals surface area contributed by atoms with Crippen molar-refractivity contribution in [2.24, 2.45) is 0 Å². The lowest BCUT2D eigenvalue weighted by Gasteiger charge is -2.02. The van der Waals surface area contributed by atoms with Gasteiger partial charge in [-0.25, -0.2) is 4.98 Å². The summed E-state index contributed by atoms with van der Waals surface area (Å²) in [5.41, 5.74) is 1.91. The Bertz CT molecular complexity index is 536. The first-order chi connectivity index (χ1) is 8.15. The highest BCUT2D eigenvalue weighted by Crippen LogP contribution is 2.17. The van der Waals surface area contributed by atoms with E-state index in [-0.39, 0.29) is 5.78 Å². The second-order valence-corrected chi connectivity index (χ2v) is 5.76. The molecule has 17 heavy (non-hydrogen) atoms. The second kappa shape index (κ2) is 5.56. The maximum Gasteiger partial charge on any atom is 0.143 e. The lowest BCUT2D eigenvalue weighted by Crippen LogP contribution is -2.07. The number of hydrogen-bond acceptors (Lipinski definition) is 3. The molecule has 88 valence electrons. The van der Waals surface area contributed by atoms with Gasteiger partial charge < -0.3 is 0 Å². The molecule has 4 heteroatoms. The Morgan fingerprint density at radius 1 is 1.35 bits per heavy atom. The zero-order chi connectivity index (χ0) is 12.3. The summed E-state index contributed by atoms with van der Waals surface area (Å²) in [5, 5.41) is 2.96. The van der Waals surface area contributed by atoms with Gasteiger partial charge in [0.1, 0.15) is 5.78 Å². The van der Waals surface area contributed by atoms with Gasteiger partial charge in [0.25, 0.3) is 0 Å². The summed E-state index contributed by atoms with van der Waals surface area (Å²) >= 11 is 5.03. The van der Waals surface area contributed by atoms with E-state index in [9.17, 15) is 4.79 Å². The van der Waals surface area contributed by atoms with Crippen molar-refractivity contribution in [2.75, 3.05) is 0 Å². The number of aryl methyl sites for hydroxylation is 1. The Labute approximate surface area is 113 Å². The van der Waals surface area contributed by atoms with Crippen LogP contribution in [0.2, 0.25) is 0 Å². The summed E-state index contributed by atoms with van der Waals surface area (Å²) in [6, 6.07) is 7.81. The SMILES string of the molecule is Cc1nc(CC(=O)Cc2ccccc2Br)cs1. The molecule has 0 saturated carbocycles. The molecule has 0 aliphatic heterocycles. The van der Waals surface area contributed by atoms with E-state index < -0.39 is 0 Å². The van der Waals surface area contributed by atoms with E-state index in [0.717, 1.165) is 20.7 Å². The third-order valence-electron chi connectivity index (χ3n) is 2.39. The Kier molecular flexibility index (Phi) is 4.07. The molecule has 1 aromatic heterocycles. The standard InChI is InChI=1S/C13H12BrNOS/c1-9-15-11(8-17-9)7-12(16)6-10-4-2-3-5-13(10)14/h2-5,8H,6-7H2,1H3. The van der Waals surface area contributed by atoms with Crippen LogP contribution in [-0.4, -0.2) is 10.8 Å². The first-order valence-electron chi connectivity index (χ1n) is 5.31. The van der Waals surface area contributed by atoms with Gasteiger partial charge in [0.15, 0.2) is 0 Å². The fourth-order valence-electron chi connectivity index (χ4n) is 1.61. The van der Waals surface area contributed by atoms with Crippen molar-refractivity contribution < 1.29 is 4.79 Å². The van der Waals surface area contributed by atoms with E-state index in [1.165, 1.54) is 0 Å². The molecule has 0 aliphatic carbocycles. The molecule has 0 fully saturated rings. The summed E-state index contributed by atoms with van der Waals surface area (Å²) in [5.74, 6) is 0.196. The van der Waals surface area contributed by atoms with Gasteiger partial charge in [0.2, 0.25) is 0 Å². The van der Waals surface area contributed by atoms with Crippen LogP contribution in [0.3, 0.4) is 0 Å². The largest absolute Gasteiger partial charge is 0.299 e. The zero-order valence-corrected chi connectivity index (χ0v) is 11.8. The molecule has 0 spiro atoms. The first kappa shape index (κ1) is 12.5. The molecule has 0 unspecified atom stereocenters. The van der Waals surface area contributed by atoms with Crippen molar-refractivity contribution >= 4 is 33.0 Å². The van der Waals surface area contributed by atoms with E-state index in [1.54, 1.807) is 11.3 Å². The molecular weight excluding hydrogens is 298 g/mol. The Hall–Kier alpha value is -1.000. The van der Waals surface area contributed by atoms with Gasteiger partial charge in [0.05, 0.1) is 10.7 Å². The van der Waals surface area contributed by atoms with Crippen LogP contribution in [0.5, 0.6) is 0 Å². The van der Waals surface area contributed by atoms with Crippen LogP contribution in [0.1, 0.15) is 16.3 Å². The third kappa shape index (κ3) is 3.48. The molecule has 0 aliphatic rings. The fourth-order valence-corrected chi connectivity index (χ4v) is 2.65. The van der Waals surface area contributed by atoms with Gasteiger partial charge in [-0.15, -0.1) is 11.3 Å².